The average Bonchev–Trinajstić information content (AvgIpc) is 2.78. The van der Waals surface area contributed by atoms with E-state index in [1.165, 1.54) is 19.2 Å². The quantitative estimate of drug-likeness (QED) is 0.511. The second-order valence-electron chi connectivity index (χ2n) is 6.85. The Balaban J connectivity index is 1.75. The molecule has 0 saturated heterocycles. The fourth-order valence-electron chi connectivity index (χ4n) is 3.07. The second kappa shape index (κ2) is 9.47. The minimum atomic E-state index is -4.42. The lowest BCUT2D eigenvalue weighted by molar-refractivity contribution is -0.140. The number of hydrogen-bond donors (Lipinski definition) is 1. The predicted octanol–water partition coefficient (Wildman–Crippen LogP) is 5.73. The molecule has 1 amide bonds. The van der Waals surface area contributed by atoms with Crippen LogP contribution >= 0.6 is 0 Å². The van der Waals surface area contributed by atoms with Crippen LogP contribution in [0.1, 0.15) is 27.9 Å². The Morgan fingerprint density at radius 3 is 2.16 bits per heavy atom. The normalized spacial score (nSPS) is 11.1. The highest BCUT2D eigenvalue weighted by Gasteiger charge is 2.30. The third kappa shape index (κ3) is 5.72. The number of ether oxygens (including phenoxy) is 1. The molecule has 3 aromatic rings. The summed E-state index contributed by atoms with van der Waals surface area (Å²) in [6.45, 7) is 0. The van der Waals surface area contributed by atoms with Crippen molar-refractivity contribution < 1.29 is 27.5 Å². The van der Waals surface area contributed by atoms with E-state index in [0.717, 1.165) is 17.7 Å². The molecule has 0 fully saturated rings. The summed E-state index contributed by atoms with van der Waals surface area (Å²) in [7, 11) is 1.34. The monoisotopic (exact) mass is 427 g/mol. The molecule has 4 nitrogen and oxygen atoms in total. The van der Waals surface area contributed by atoms with E-state index in [1.54, 1.807) is 48.5 Å². The zero-order chi connectivity index (χ0) is 22.4. The van der Waals surface area contributed by atoms with Gasteiger partial charge in [-0.2, -0.15) is 13.2 Å². The van der Waals surface area contributed by atoms with Gasteiger partial charge in [-0.05, 0) is 53.4 Å². The van der Waals surface area contributed by atoms with Crippen molar-refractivity contribution in [2.45, 2.75) is 19.0 Å². The van der Waals surface area contributed by atoms with Crippen molar-refractivity contribution in [3.05, 3.63) is 89.5 Å². The van der Waals surface area contributed by atoms with Gasteiger partial charge in [0.05, 0.1) is 12.7 Å². The molecule has 31 heavy (non-hydrogen) atoms. The number of carbonyl (C=O) groups is 2. The van der Waals surface area contributed by atoms with Crippen molar-refractivity contribution in [3.63, 3.8) is 0 Å². The number of amides is 1. The summed E-state index contributed by atoms with van der Waals surface area (Å²) < 4.78 is 43.1. The number of rotatable bonds is 6. The molecule has 0 aliphatic rings. The van der Waals surface area contributed by atoms with Gasteiger partial charge in [-0.3, -0.25) is 9.59 Å². The largest absolute Gasteiger partial charge is 0.469 e. The highest BCUT2D eigenvalue weighted by molar-refractivity contribution is 6.08. The van der Waals surface area contributed by atoms with Crippen molar-refractivity contribution in [2.24, 2.45) is 0 Å². The maximum absolute atomic E-state index is 12.8. The van der Waals surface area contributed by atoms with Gasteiger partial charge in [0.15, 0.2) is 0 Å². The highest BCUT2D eigenvalue weighted by atomic mass is 19.4. The Labute approximate surface area is 177 Å². The Bertz CT molecular complexity index is 1060. The number of halogens is 3. The molecule has 1 N–H and O–H groups in total. The van der Waals surface area contributed by atoms with Gasteiger partial charge in [0.25, 0.3) is 5.91 Å². The Morgan fingerprint density at radius 2 is 1.55 bits per heavy atom. The van der Waals surface area contributed by atoms with Crippen LogP contribution < -0.4 is 5.32 Å². The summed E-state index contributed by atoms with van der Waals surface area (Å²) in [4.78, 5) is 24.1. The van der Waals surface area contributed by atoms with Crippen LogP contribution in [0.3, 0.4) is 0 Å². The molecule has 0 saturated carbocycles. The summed E-state index contributed by atoms with van der Waals surface area (Å²) in [5.41, 5.74) is 2.13. The maximum Gasteiger partial charge on any atom is 0.416 e. The Kier molecular flexibility index (Phi) is 6.74. The van der Waals surface area contributed by atoms with Crippen LogP contribution in [-0.4, -0.2) is 19.0 Å². The Hall–Kier alpha value is -3.61. The molecule has 0 radical (unpaired) electrons. The van der Waals surface area contributed by atoms with E-state index in [4.69, 9.17) is 0 Å². The number of hydrogen-bond acceptors (Lipinski definition) is 3. The molecule has 0 heterocycles. The number of benzene rings is 3. The van der Waals surface area contributed by atoms with E-state index in [9.17, 15) is 22.8 Å². The summed E-state index contributed by atoms with van der Waals surface area (Å²) in [6, 6.07) is 18.5. The maximum atomic E-state index is 12.8. The minimum Gasteiger partial charge on any atom is -0.469 e. The fraction of sp³-hybridized carbons (Fsp3) is 0.167. The van der Waals surface area contributed by atoms with Crippen molar-refractivity contribution in [3.8, 4) is 11.1 Å². The number of anilines is 1. The SMILES string of the molecule is COC(=O)CCc1ccc(NC(=O)c2ccccc2-c2ccc(C(F)(F)F)cc2)cc1. The van der Waals surface area contributed by atoms with Crippen molar-refractivity contribution in [1.29, 1.82) is 0 Å². The molecule has 0 unspecified atom stereocenters. The fourth-order valence-corrected chi connectivity index (χ4v) is 3.07. The summed E-state index contributed by atoms with van der Waals surface area (Å²) >= 11 is 0. The molecule has 0 spiro atoms. The first-order valence-electron chi connectivity index (χ1n) is 9.51. The number of esters is 1. The topological polar surface area (TPSA) is 55.4 Å². The third-order valence-electron chi connectivity index (χ3n) is 4.75. The van der Waals surface area contributed by atoms with Crippen molar-refractivity contribution in [1.82, 2.24) is 0 Å². The number of alkyl halides is 3. The van der Waals surface area contributed by atoms with Crippen LogP contribution in [0.2, 0.25) is 0 Å². The lowest BCUT2D eigenvalue weighted by Crippen LogP contribution is -2.13. The molecule has 0 atom stereocenters. The van der Waals surface area contributed by atoms with E-state index in [-0.39, 0.29) is 18.3 Å². The summed E-state index contributed by atoms with van der Waals surface area (Å²) in [6.07, 6.45) is -3.63. The zero-order valence-electron chi connectivity index (χ0n) is 16.7. The molecule has 7 heteroatoms. The van der Waals surface area contributed by atoms with Crippen LogP contribution in [0.25, 0.3) is 11.1 Å². The standard InChI is InChI=1S/C24H20F3NO3/c1-31-22(29)15-8-16-6-13-19(14-7-16)28-23(30)21-5-3-2-4-20(21)17-9-11-18(12-10-17)24(25,26)27/h2-7,9-14H,8,15H2,1H3,(H,28,30). The Morgan fingerprint density at radius 1 is 0.903 bits per heavy atom. The first-order valence-corrected chi connectivity index (χ1v) is 9.51. The highest BCUT2D eigenvalue weighted by Crippen LogP contribution is 2.32. The van der Waals surface area contributed by atoms with Gasteiger partial charge in [-0.1, -0.05) is 42.5 Å². The molecular weight excluding hydrogens is 407 g/mol. The van der Waals surface area contributed by atoms with Crippen LogP contribution in [0.4, 0.5) is 18.9 Å². The van der Waals surface area contributed by atoms with Crippen molar-refractivity contribution in [2.75, 3.05) is 12.4 Å². The van der Waals surface area contributed by atoms with Crippen LogP contribution in [0.5, 0.6) is 0 Å². The number of nitrogens with one attached hydrogen (secondary N) is 1. The minimum absolute atomic E-state index is 0.267. The van der Waals surface area contributed by atoms with E-state index in [1.807, 2.05) is 0 Å². The number of methoxy groups -OCH3 is 1. The van der Waals surface area contributed by atoms with Crippen LogP contribution in [0, 0.1) is 0 Å². The molecule has 3 rings (SSSR count). The molecule has 160 valence electrons. The van der Waals surface area contributed by atoms with Gasteiger partial charge in [0, 0.05) is 17.7 Å². The molecular formula is C24H20F3NO3. The summed E-state index contributed by atoms with van der Waals surface area (Å²) in [5.74, 6) is -0.671. The average molecular weight is 427 g/mol. The van der Waals surface area contributed by atoms with Gasteiger partial charge in [0.2, 0.25) is 0 Å². The predicted molar refractivity (Wildman–Crippen MR) is 112 cm³/mol. The van der Waals surface area contributed by atoms with E-state index in [2.05, 4.69) is 10.1 Å². The number of carbonyl (C=O) groups excluding carboxylic acids is 2. The lowest BCUT2D eigenvalue weighted by atomic mass is 9.98. The zero-order valence-corrected chi connectivity index (χ0v) is 16.7. The number of aryl methyl sites for hydroxylation is 1. The summed E-state index contributed by atoms with van der Waals surface area (Å²) in [5, 5.41) is 2.80. The van der Waals surface area contributed by atoms with Crippen LogP contribution in [0.15, 0.2) is 72.8 Å². The lowest BCUT2D eigenvalue weighted by Gasteiger charge is -2.12. The third-order valence-corrected chi connectivity index (χ3v) is 4.75. The molecule has 0 aromatic heterocycles. The molecule has 0 aliphatic carbocycles. The molecule has 0 aliphatic heterocycles. The van der Waals surface area contributed by atoms with Crippen molar-refractivity contribution >= 4 is 17.6 Å². The second-order valence-corrected chi connectivity index (χ2v) is 6.85. The van der Waals surface area contributed by atoms with E-state index < -0.39 is 11.7 Å². The molecule has 3 aromatic carbocycles. The molecule has 0 bridgehead atoms. The van der Waals surface area contributed by atoms with Gasteiger partial charge in [-0.25, -0.2) is 0 Å². The van der Waals surface area contributed by atoms with Crippen LogP contribution in [-0.2, 0) is 22.1 Å². The van der Waals surface area contributed by atoms with Gasteiger partial charge >= 0.3 is 12.1 Å². The smallest absolute Gasteiger partial charge is 0.416 e. The van der Waals surface area contributed by atoms with Gasteiger partial charge in [-0.15, -0.1) is 0 Å². The van der Waals surface area contributed by atoms with Gasteiger partial charge < -0.3 is 10.1 Å². The van der Waals surface area contributed by atoms with E-state index >= 15 is 0 Å². The van der Waals surface area contributed by atoms with E-state index in [0.29, 0.717) is 28.8 Å². The first-order chi connectivity index (χ1) is 14.8. The van der Waals surface area contributed by atoms with Gasteiger partial charge in [0.1, 0.15) is 0 Å². The first kappa shape index (κ1) is 22.1.